The molecule has 4 aromatic heterocycles. The highest BCUT2D eigenvalue weighted by atomic mass is 32.1. The van der Waals surface area contributed by atoms with Gasteiger partial charge >= 0.3 is 0 Å². The molecule has 1 N–H and O–H groups in total. The Balaban J connectivity index is 1.10. The zero-order valence-electron chi connectivity index (χ0n) is 27.2. The van der Waals surface area contributed by atoms with E-state index in [0.29, 0.717) is 45.5 Å². The molecule has 6 heterocycles. The number of nitrogens with zero attached hydrogens (tertiary/aromatic N) is 6. The van der Waals surface area contributed by atoms with E-state index in [4.69, 9.17) is 4.74 Å². The molecule has 0 bridgehead atoms. The first-order valence-corrected chi connectivity index (χ1v) is 17.6. The van der Waals surface area contributed by atoms with E-state index in [9.17, 15) is 9.59 Å². The summed E-state index contributed by atoms with van der Waals surface area (Å²) in [4.78, 5) is 37.8. The van der Waals surface area contributed by atoms with Crippen molar-refractivity contribution in [1.82, 2.24) is 24.2 Å². The lowest BCUT2D eigenvalue weighted by Crippen LogP contribution is -2.56. The number of ether oxygens (including phenoxy) is 1. The van der Waals surface area contributed by atoms with Crippen LogP contribution in [-0.4, -0.2) is 69.7 Å². The van der Waals surface area contributed by atoms with Crippen LogP contribution in [0.25, 0.3) is 26.9 Å². The molecule has 3 aliphatic rings. The van der Waals surface area contributed by atoms with Crippen LogP contribution in [0.15, 0.2) is 58.5 Å². The lowest BCUT2D eigenvalue weighted by Gasteiger charge is -2.43. The van der Waals surface area contributed by atoms with Gasteiger partial charge in [0.15, 0.2) is 0 Å². The number of fused-ring (bicyclic) bond motifs is 3. The van der Waals surface area contributed by atoms with Crippen molar-refractivity contribution in [3.05, 3.63) is 91.5 Å². The first-order valence-electron chi connectivity index (χ1n) is 16.7. The van der Waals surface area contributed by atoms with Crippen LogP contribution in [0.2, 0.25) is 0 Å². The maximum absolute atomic E-state index is 15.4. The van der Waals surface area contributed by atoms with E-state index in [-0.39, 0.29) is 11.1 Å². The molecule has 0 unspecified atom stereocenters. The van der Waals surface area contributed by atoms with Gasteiger partial charge in [-0.1, -0.05) is 6.92 Å². The smallest absolute Gasteiger partial charge is 0.289 e. The van der Waals surface area contributed by atoms with E-state index in [1.165, 1.54) is 31.8 Å². The summed E-state index contributed by atoms with van der Waals surface area (Å²) < 4.78 is 24.2. The third-order valence-electron chi connectivity index (χ3n) is 10.00. The molecule has 2 aliphatic heterocycles. The van der Waals surface area contributed by atoms with Crippen LogP contribution in [0, 0.1) is 5.82 Å². The van der Waals surface area contributed by atoms with Crippen LogP contribution in [0.5, 0.6) is 0 Å². The first kappa shape index (κ1) is 30.9. The predicted octanol–water partition coefficient (Wildman–Crippen LogP) is 5.05. The molecule has 0 spiro atoms. The standard InChI is InChI=1S/C36H38FN7O3S/c1-3-26-28(15-23(37)16-31(26)44-36(46)34-29(18-39-44)27-6-4-5-7-32(27)48-34)22-14-30(35(45)41(2)19-22)40-33-9-8-24(17-38-33)42-10-12-43(13-11-42)25-20-47-21-25/h8-9,14-19,25H,3-7,10-13,20-21H2,1-2H3,(H,38,40). The van der Waals surface area contributed by atoms with Gasteiger partial charge in [-0.05, 0) is 73.1 Å². The molecule has 2 saturated heterocycles. The number of aryl methyl sites for hydroxylation is 3. The van der Waals surface area contributed by atoms with Gasteiger partial charge in [0.25, 0.3) is 11.1 Å². The van der Waals surface area contributed by atoms with E-state index in [2.05, 4.69) is 25.2 Å². The topological polar surface area (TPSA) is 97.5 Å². The number of hydrogen-bond donors (Lipinski definition) is 1. The van der Waals surface area contributed by atoms with Crippen molar-refractivity contribution < 1.29 is 9.13 Å². The summed E-state index contributed by atoms with van der Waals surface area (Å²) in [5.41, 5.74) is 4.55. The third-order valence-corrected chi connectivity index (χ3v) is 11.3. The van der Waals surface area contributed by atoms with Crippen molar-refractivity contribution in [3.8, 4) is 16.8 Å². The van der Waals surface area contributed by atoms with Gasteiger partial charge in [-0.3, -0.25) is 14.5 Å². The summed E-state index contributed by atoms with van der Waals surface area (Å²) in [5.74, 6) is 0.0514. The Morgan fingerprint density at radius 2 is 1.83 bits per heavy atom. The predicted molar refractivity (Wildman–Crippen MR) is 188 cm³/mol. The number of anilines is 3. The number of thiophene rings is 1. The highest BCUT2D eigenvalue weighted by Crippen LogP contribution is 2.36. The maximum Gasteiger partial charge on any atom is 0.289 e. The summed E-state index contributed by atoms with van der Waals surface area (Å²) in [6, 6.07) is 9.01. The summed E-state index contributed by atoms with van der Waals surface area (Å²) in [6.45, 7) is 7.46. The molecule has 248 valence electrons. The molecule has 12 heteroatoms. The zero-order valence-corrected chi connectivity index (χ0v) is 28.0. The zero-order chi connectivity index (χ0) is 32.9. The fourth-order valence-electron chi connectivity index (χ4n) is 7.27. The van der Waals surface area contributed by atoms with Gasteiger partial charge in [-0.25, -0.2) is 9.37 Å². The SMILES string of the molecule is CCc1c(-c2cc(Nc3ccc(N4CCN(C5COC5)CC4)cn3)c(=O)n(C)c2)cc(F)cc1-n1ncc2c3c(sc2c1=O)CCCC3. The molecule has 0 amide bonds. The minimum absolute atomic E-state index is 0.231. The van der Waals surface area contributed by atoms with Gasteiger partial charge in [0.2, 0.25) is 0 Å². The Bertz CT molecular complexity index is 2130. The van der Waals surface area contributed by atoms with Crippen LogP contribution >= 0.6 is 11.3 Å². The van der Waals surface area contributed by atoms with Crippen LogP contribution in [0.1, 0.15) is 35.8 Å². The second kappa shape index (κ2) is 12.6. The van der Waals surface area contributed by atoms with Crippen LogP contribution in [0.4, 0.5) is 21.6 Å². The Morgan fingerprint density at radius 1 is 1.02 bits per heavy atom. The molecule has 0 saturated carbocycles. The number of halogens is 1. The van der Waals surface area contributed by atoms with E-state index in [1.807, 2.05) is 25.3 Å². The van der Waals surface area contributed by atoms with E-state index in [0.717, 1.165) is 81.7 Å². The molecular weight excluding hydrogens is 630 g/mol. The van der Waals surface area contributed by atoms with Gasteiger partial charge in [0, 0.05) is 61.3 Å². The molecular formula is C36H38FN7O3S. The normalized spacial score (nSPS) is 17.0. The van der Waals surface area contributed by atoms with E-state index in [1.54, 1.807) is 36.8 Å². The second-order valence-electron chi connectivity index (χ2n) is 12.9. The molecule has 8 rings (SSSR count). The highest BCUT2D eigenvalue weighted by molar-refractivity contribution is 7.19. The number of aromatic nitrogens is 4. The fourth-order valence-corrected chi connectivity index (χ4v) is 8.56. The average Bonchev–Trinajstić information content (AvgIpc) is 3.46. The minimum Gasteiger partial charge on any atom is -0.378 e. The summed E-state index contributed by atoms with van der Waals surface area (Å²) in [5, 5.41) is 8.68. The highest BCUT2D eigenvalue weighted by Gasteiger charge is 2.29. The Morgan fingerprint density at radius 3 is 2.56 bits per heavy atom. The van der Waals surface area contributed by atoms with Crippen molar-refractivity contribution in [1.29, 1.82) is 0 Å². The molecule has 10 nitrogen and oxygen atoms in total. The first-order chi connectivity index (χ1) is 23.4. The molecule has 0 atom stereocenters. The second-order valence-corrected chi connectivity index (χ2v) is 14.0. The lowest BCUT2D eigenvalue weighted by atomic mass is 9.96. The third kappa shape index (κ3) is 5.51. The summed E-state index contributed by atoms with van der Waals surface area (Å²) in [6.07, 6.45) is 10.00. The number of hydrogen-bond acceptors (Lipinski definition) is 9. The number of benzene rings is 1. The van der Waals surface area contributed by atoms with E-state index < -0.39 is 5.82 Å². The summed E-state index contributed by atoms with van der Waals surface area (Å²) >= 11 is 1.54. The largest absolute Gasteiger partial charge is 0.378 e. The lowest BCUT2D eigenvalue weighted by molar-refractivity contribution is -0.0660. The van der Waals surface area contributed by atoms with Crippen molar-refractivity contribution in [2.24, 2.45) is 7.05 Å². The van der Waals surface area contributed by atoms with Gasteiger partial charge in [-0.15, -0.1) is 11.3 Å². The number of rotatable bonds is 7. The van der Waals surface area contributed by atoms with Crippen molar-refractivity contribution >= 4 is 38.6 Å². The molecule has 0 radical (unpaired) electrons. The molecule has 48 heavy (non-hydrogen) atoms. The quantitative estimate of drug-likeness (QED) is 0.258. The van der Waals surface area contributed by atoms with Crippen molar-refractivity contribution in [3.63, 3.8) is 0 Å². The van der Waals surface area contributed by atoms with Crippen LogP contribution in [0.3, 0.4) is 0 Å². The molecule has 2 fully saturated rings. The molecule has 1 aliphatic carbocycles. The number of piperazine rings is 1. The Labute approximate surface area is 281 Å². The number of nitrogens with one attached hydrogen (secondary N) is 1. The monoisotopic (exact) mass is 667 g/mol. The van der Waals surface area contributed by atoms with Crippen molar-refractivity contribution in [2.75, 3.05) is 49.6 Å². The van der Waals surface area contributed by atoms with Crippen LogP contribution in [-0.2, 0) is 31.0 Å². The minimum atomic E-state index is -0.487. The average molecular weight is 668 g/mol. The molecule has 5 aromatic rings. The Hall–Kier alpha value is -4.39. The maximum atomic E-state index is 15.4. The molecule has 1 aromatic carbocycles. The van der Waals surface area contributed by atoms with E-state index >= 15 is 4.39 Å². The number of pyridine rings is 2. The van der Waals surface area contributed by atoms with Gasteiger partial charge in [-0.2, -0.15) is 9.78 Å². The van der Waals surface area contributed by atoms with Gasteiger partial charge in [0.1, 0.15) is 22.0 Å². The van der Waals surface area contributed by atoms with Gasteiger partial charge < -0.3 is 19.5 Å². The van der Waals surface area contributed by atoms with Crippen molar-refractivity contribution in [2.45, 2.75) is 45.1 Å². The van der Waals surface area contributed by atoms with Gasteiger partial charge in [0.05, 0.1) is 43.0 Å². The Kier molecular flexibility index (Phi) is 8.10. The summed E-state index contributed by atoms with van der Waals surface area (Å²) in [7, 11) is 1.67. The fraction of sp³-hybridized carbons (Fsp3) is 0.389. The van der Waals surface area contributed by atoms with Crippen LogP contribution < -0.4 is 21.3 Å².